The molecule has 3 heteroatoms. The fraction of sp³-hybridized carbons (Fsp3) is 0.643. The summed E-state index contributed by atoms with van der Waals surface area (Å²) in [7, 11) is 1.47. The predicted molar refractivity (Wildman–Crippen MR) is 59.0 cm³/mol. The Labute approximate surface area is 99.5 Å². The third kappa shape index (κ3) is 0.628. The molecule has 0 N–H and O–H groups in total. The zero-order valence-corrected chi connectivity index (χ0v) is 9.68. The molecule has 1 heterocycles. The first-order chi connectivity index (χ1) is 8.24. The first-order valence-corrected chi connectivity index (χ1v) is 6.42. The number of hydrogen-bond acceptors (Lipinski definition) is 3. The second-order valence-electron chi connectivity index (χ2n) is 6.03. The van der Waals surface area contributed by atoms with Crippen LogP contribution in [-0.4, -0.2) is 24.3 Å². The maximum Gasteiger partial charge on any atom is 0.333 e. The monoisotopic (exact) mass is 230 g/mol. The summed E-state index contributed by atoms with van der Waals surface area (Å²) in [6.45, 7) is 0. The highest BCUT2D eigenvalue weighted by Gasteiger charge is 2.90. The van der Waals surface area contributed by atoms with Crippen LogP contribution in [0.15, 0.2) is 23.8 Å². The van der Waals surface area contributed by atoms with Gasteiger partial charge in [0.15, 0.2) is 0 Å². The van der Waals surface area contributed by atoms with Crippen molar-refractivity contribution in [1.29, 1.82) is 0 Å². The summed E-state index contributed by atoms with van der Waals surface area (Å²) in [4.78, 5) is 11.8. The average Bonchev–Trinajstić information content (AvgIpc) is 2.79. The molecule has 3 fully saturated rings. The average molecular weight is 230 g/mol. The first-order valence-electron chi connectivity index (χ1n) is 6.42. The Morgan fingerprint density at radius 3 is 2.82 bits per heavy atom. The Balaban J connectivity index is 1.66. The van der Waals surface area contributed by atoms with Gasteiger partial charge < -0.3 is 9.47 Å². The van der Waals surface area contributed by atoms with E-state index in [1.165, 1.54) is 13.5 Å². The summed E-state index contributed by atoms with van der Waals surface area (Å²) >= 11 is 0. The number of ether oxygens (including phenoxy) is 2. The van der Waals surface area contributed by atoms with Crippen LogP contribution >= 0.6 is 0 Å². The van der Waals surface area contributed by atoms with Crippen LogP contribution in [0.25, 0.3) is 0 Å². The van der Waals surface area contributed by atoms with Gasteiger partial charge in [0.2, 0.25) is 0 Å². The van der Waals surface area contributed by atoms with Crippen molar-refractivity contribution in [2.75, 3.05) is 7.11 Å². The van der Waals surface area contributed by atoms with Crippen molar-refractivity contribution in [3.05, 3.63) is 23.8 Å². The van der Waals surface area contributed by atoms with Crippen LogP contribution in [0.4, 0.5) is 0 Å². The molecule has 88 valence electrons. The molecule has 4 bridgehead atoms. The molecule has 5 rings (SSSR count). The van der Waals surface area contributed by atoms with Crippen LogP contribution in [0.1, 0.15) is 12.8 Å². The van der Waals surface area contributed by atoms with Gasteiger partial charge in [-0.3, -0.25) is 0 Å². The number of fused-ring (bicyclic) bond motifs is 4. The van der Waals surface area contributed by atoms with E-state index in [4.69, 9.17) is 9.47 Å². The Morgan fingerprint density at radius 2 is 2.06 bits per heavy atom. The number of hydrogen-bond donors (Lipinski definition) is 0. The van der Waals surface area contributed by atoms with Gasteiger partial charge in [-0.25, -0.2) is 4.79 Å². The molecule has 1 saturated heterocycles. The largest absolute Gasteiger partial charge is 0.466 e. The number of rotatable bonds is 1. The standard InChI is InChI=1S/C14H14O3/c1-16-12(15)10-5-9-6-11(10)14-8-3-2-7(4-8)13(9,14)17-14/h2-3,5,7-9,11H,4,6H2,1H3/t7-,8-,9-,11+,13+,14-/m0/s1. The molecule has 0 aromatic rings. The Morgan fingerprint density at radius 1 is 1.29 bits per heavy atom. The van der Waals surface area contributed by atoms with E-state index in [-0.39, 0.29) is 17.2 Å². The highest BCUT2D eigenvalue weighted by molar-refractivity contribution is 5.91. The lowest BCUT2D eigenvalue weighted by molar-refractivity contribution is -0.137. The van der Waals surface area contributed by atoms with Gasteiger partial charge in [-0.1, -0.05) is 18.2 Å². The molecule has 0 radical (unpaired) electrons. The molecule has 0 amide bonds. The lowest BCUT2D eigenvalue weighted by Gasteiger charge is -2.24. The van der Waals surface area contributed by atoms with Crippen molar-refractivity contribution in [1.82, 2.24) is 0 Å². The number of carbonyl (C=O) groups excluding carboxylic acids is 1. The van der Waals surface area contributed by atoms with E-state index in [2.05, 4.69) is 18.2 Å². The van der Waals surface area contributed by atoms with Gasteiger partial charge in [-0.2, -0.15) is 0 Å². The molecule has 0 aromatic heterocycles. The van der Waals surface area contributed by atoms with E-state index < -0.39 is 0 Å². The molecule has 0 unspecified atom stereocenters. The topological polar surface area (TPSA) is 38.8 Å². The molecule has 4 aliphatic carbocycles. The van der Waals surface area contributed by atoms with E-state index in [9.17, 15) is 4.79 Å². The molecular formula is C14H14O3. The zero-order chi connectivity index (χ0) is 11.4. The number of carbonyl (C=O) groups is 1. The van der Waals surface area contributed by atoms with Crippen LogP contribution in [0, 0.1) is 23.7 Å². The van der Waals surface area contributed by atoms with E-state index in [1.54, 1.807) is 0 Å². The minimum absolute atomic E-state index is 0.0185. The lowest BCUT2D eigenvalue weighted by atomic mass is 9.74. The minimum atomic E-state index is -0.150. The highest BCUT2D eigenvalue weighted by Crippen LogP contribution is 2.82. The van der Waals surface area contributed by atoms with Crippen LogP contribution in [-0.2, 0) is 14.3 Å². The van der Waals surface area contributed by atoms with Crippen molar-refractivity contribution in [3.63, 3.8) is 0 Å². The summed E-state index contributed by atoms with van der Waals surface area (Å²) < 4.78 is 11.1. The summed E-state index contributed by atoms with van der Waals surface area (Å²) in [5.41, 5.74) is 0.941. The van der Waals surface area contributed by atoms with E-state index in [1.807, 2.05) is 0 Å². The van der Waals surface area contributed by atoms with Gasteiger partial charge in [0.25, 0.3) is 0 Å². The fourth-order valence-electron chi connectivity index (χ4n) is 5.38. The van der Waals surface area contributed by atoms with Crippen molar-refractivity contribution in [2.24, 2.45) is 23.7 Å². The zero-order valence-electron chi connectivity index (χ0n) is 9.68. The number of methoxy groups -OCH3 is 1. The molecule has 1 aliphatic heterocycles. The van der Waals surface area contributed by atoms with Gasteiger partial charge in [0, 0.05) is 29.2 Å². The molecule has 17 heavy (non-hydrogen) atoms. The van der Waals surface area contributed by atoms with E-state index >= 15 is 0 Å². The second kappa shape index (κ2) is 2.24. The van der Waals surface area contributed by atoms with Crippen LogP contribution in [0.3, 0.4) is 0 Å². The van der Waals surface area contributed by atoms with Gasteiger partial charge in [0.05, 0.1) is 7.11 Å². The molecule has 5 aliphatic rings. The van der Waals surface area contributed by atoms with Crippen LogP contribution in [0.5, 0.6) is 0 Å². The summed E-state index contributed by atoms with van der Waals surface area (Å²) in [6, 6.07) is 0. The van der Waals surface area contributed by atoms with Crippen molar-refractivity contribution in [2.45, 2.75) is 24.0 Å². The van der Waals surface area contributed by atoms with Gasteiger partial charge in [-0.15, -0.1) is 0 Å². The van der Waals surface area contributed by atoms with Crippen molar-refractivity contribution < 1.29 is 14.3 Å². The molecule has 2 saturated carbocycles. The molecule has 6 atom stereocenters. The second-order valence-corrected chi connectivity index (χ2v) is 6.03. The van der Waals surface area contributed by atoms with Crippen molar-refractivity contribution >= 4 is 5.97 Å². The molecule has 0 aromatic carbocycles. The Bertz CT molecular complexity index is 520. The lowest BCUT2D eigenvalue weighted by Crippen LogP contribution is -2.37. The number of epoxide rings is 1. The van der Waals surface area contributed by atoms with Gasteiger partial charge >= 0.3 is 5.97 Å². The van der Waals surface area contributed by atoms with E-state index in [0.29, 0.717) is 23.7 Å². The van der Waals surface area contributed by atoms with Gasteiger partial charge in [0.1, 0.15) is 11.2 Å². The third-order valence-corrected chi connectivity index (χ3v) is 5.83. The summed E-state index contributed by atoms with van der Waals surface area (Å²) in [6.07, 6.45) is 9.11. The van der Waals surface area contributed by atoms with E-state index in [0.717, 1.165) is 12.0 Å². The minimum Gasteiger partial charge on any atom is -0.466 e. The SMILES string of the molecule is COC(=O)C1=C[C@H]2C[C@H]1[C@]13O[C@]21[C@H]1C=C[C@H]3C1. The Kier molecular flexibility index (Phi) is 1.17. The number of esters is 1. The predicted octanol–water partition coefficient (Wildman–Crippen LogP) is 1.45. The van der Waals surface area contributed by atoms with Crippen molar-refractivity contribution in [3.8, 4) is 0 Å². The molecule has 0 spiro atoms. The molecular weight excluding hydrogens is 216 g/mol. The Hall–Kier alpha value is -1.09. The quantitative estimate of drug-likeness (QED) is 0.389. The van der Waals surface area contributed by atoms with Crippen LogP contribution < -0.4 is 0 Å². The smallest absolute Gasteiger partial charge is 0.333 e. The maximum atomic E-state index is 11.8. The van der Waals surface area contributed by atoms with Gasteiger partial charge in [-0.05, 0) is 12.8 Å². The third-order valence-electron chi connectivity index (χ3n) is 5.83. The summed E-state index contributed by atoms with van der Waals surface area (Å²) in [5.74, 6) is 1.72. The molecule has 3 nitrogen and oxygen atoms in total. The highest BCUT2D eigenvalue weighted by atomic mass is 16.6. The first kappa shape index (κ1) is 8.92. The van der Waals surface area contributed by atoms with Crippen LogP contribution in [0.2, 0.25) is 0 Å². The fourth-order valence-corrected chi connectivity index (χ4v) is 5.38. The normalized spacial score (nSPS) is 59.0. The maximum absolute atomic E-state index is 11.8. The summed E-state index contributed by atoms with van der Waals surface area (Å²) in [5, 5.41) is 0.